The molecule has 0 aromatic heterocycles. The van der Waals surface area contributed by atoms with Crippen LogP contribution in [0.2, 0.25) is 0 Å². The Morgan fingerprint density at radius 1 is 1.50 bits per heavy atom. The molecule has 3 N–H and O–H groups in total. The minimum absolute atomic E-state index is 0. The molecule has 0 aliphatic heterocycles. The van der Waals surface area contributed by atoms with Gasteiger partial charge in [0.15, 0.2) is 0 Å². The minimum atomic E-state index is -0.259. The van der Waals surface area contributed by atoms with Crippen LogP contribution in [0.1, 0.15) is 21.3 Å². The van der Waals surface area contributed by atoms with Crippen molar-refractivity contribution in [2.24, 2.45) is 11.7 Å². The highest BCUT2D eigenvalue weighted by Gasteiger charge is 2.03. The van der Waals surface area contributed by atoms with Crippen LogP contribution in [-0.2, 0) is 0 Å². The zero-order chi connectivity index (χ0) is 5.86. The predicted molar refractivity (Wildman–Crippen MR) is 36.6 cm³/mol. The van der Waals surface area contributed by atoms with Crippen molar-refractivity contribution in [3.05, 3.63) is 0 Å². The van der Waals surface area contributed by atoms with Gasteiger partial charge in [-0.2, -0.15) is 0 Å². The van der Waals surface area contributed by atoms with E-state index in [9.17, 15) is 0 Å². The summed E-state index contributed by atoms with van der Waals surface area (Å²) >= 11 is 0. The second-order valence-corrected chi connectivity index (χ2v) is 1.95. The van der Waals surface area contributed by atoms with Crippen LogP contribution in [0.3, 0.4) is 0 Å². The van der Waals surface area contributed by atoms with E-state index < -0.39 is 0 Å². The van der Waals surface area contributed by atoms with Gasteiger partial charge in [0.05, 0.1) is 6.10 Å². The van der Waals surface area contributed by atoms with E-state index in [-0.39, 0.29) is 19.4 Å². The Morgan fingerprint density at radius 3 is 1.88 bits per heavy atom. The molecule has 0 spiro atoms. The first-order valence-corrected chi connectivity index (χ1v) is 2.56. The lowest BCUT2D eigenvalue weighted by Gasteiger charge is -2.09. The van der Waals surface area contributed by atoms with Crippen molar-refractivity contribution in [3.8, 4) is 0 Å². The molecule has 2 nitrogen and oxygen atoms in total. The maximum atomic E-state index is 8.74. The van der Waals surface area contributed by atoms with Crippen LogP contribution < -0.4 is 5.73 Å². The maximum absolute atomic E-state index is 8.74. The molecule has 0 aliphatic rings. The lowest BCUT2D eigenvalue weighted by molar-refractivity contribution is 0.139. The van der Waals surface area contributed by atoms with Crippen LogP contribution in [0.5, 0.6) is 0 Å². The van der Waals surface area contributed by atoms with Crippen molar-refractivity contribution in [2.45, 2.75) is 27.4 Å². The van der Waals surface area contributed by atoms with Crippen molar-refractivity contribution >= 4 is 0 Å². The van der Waals surface area contributed by atoms with Gasteiger partial charge < -0.3 is 10.8 Å². The van der Waals surface area contributed by atoms with E-state index in [0.717, 1.165) is 0 Å². The molecule has 2 unspecified atom stereocenters. The van der Waals surface area contributed by atoms with Crippen LogP contribution >= 0.6 is 0 Å². The highest BCUT2D eigenvalue weighted by Crippen LogP contribution is 1.96. The monoisotopic (exact) mass is 119 g/mol. The summed E-state index contributed by atoms with van der Waals surface area (Å²) in [6.07, 6.45) is -0.259. The predicted octanol–water partition coefficient (Wildman–Crippen LogP) is 0.598. The van der Waals surface area contributed by atoms with E-state index in [1.54, 1.807) is 6.92 Å². The van der Waals surface area contributed by atoms with E-state index in [4.69, 9.17) is 10.8 Å². The number of rotatable bonds is 2. The van der Waals surface area contributed by atoms with Gasteiger partial charge in [-0.1, -0.05) is 14.4 Å². The summed E-state index contributed by atoms with van der Waals surface area (Å²) in [5.41, 5.74) is 5.21. The quantitative estimate of drug-likeness (QED) is 0.559. The van der Waals surface area contributed by atoms with Gasteiger partial charge in [-0.3, -0.25) is 0 Å². The van der Waals surface area contributed by atoms with E-state index in [1.807, 2.05) is 6.92 Å². The van der Waals surface area contributed by atoms with Crippen molar-refractivity contribution in [1.29, 1.82) is 0 Å². The van der Waals surface area contributed by atoms with Crippen molar-refractivity contribution < 1.29 is 5.11 Å². The first-order chi connectivity index (χ1) is 3.18. The fourth-order valence-corrected chi connectivity index (χ4v) is 0.197. The van der Waals surface area contributed by atoms with Gasteiger partial charge in [0, 0.05) is 0 Å². The molecule has 8 heavy (non-hydrogen) atoms. The zero-order valence-corrected chi connectivity index (χ0v) is 4.89. The molecule has 0 heterocycles. The molecule has 0 aromatic rings. The van der Waals surface area contributed by atoms with Gasteiger partial charge in [0.2, 0.25) is 0 Å². The SMILES string of the molecule is C.CC(O)C(C)CN. The van der Waals surface area contributed by atoms with Crippen LogP contribution in [0.4, 0.5) is 0 Å². The summed E-state index contributed by atoms with van der Waals surface area (Å²) in [6.45, 7) is 4.24. The topological polar surface area (TPSA) is 46.2 Å². The van der Waals surface area contributed by atoms with E-state index >= 15 is 0 Å². The molecule has 0 fully saturated rings. The fraction of sp³-hybridized carbons (Fsp3) is 1.00. The second-order valence-electron chi connectivity index (χ2n) is 1.95. The Hall–Kier alpha value is -0.0800. The Kier molecular flexibility index (Phi) is 6.85. The number of aliphatic hydroxyl groups is 1. The Morgan fingerprint density at radius 2 is 1.88 bits per heavy atom. The summed E-state index contributed by atoms with van der Waals surface area (Å²) in [5, 5.41) is 8.74. The number of hydrogen-bond acceptors (Lipinski definition) is 2. The lowest BCUT2D eigenvalue weighted by atomic mass is 10.1. The Bertz CT molecular complexity index is 45.8. The summed E-state index contributed by atoms with van der Waals surface area (Å²) in [4.78, 5) is 0. The van der Waals surface area contributed by atoms with E-state index in [2.05, 4.69) is 0 Å². The van der Waals surface area contributed by atoms with Crippen molar-refractivity contribution in [1.82, 2.24) is 0 Å². The van der Waals surface area contributed by atoms with Gasteiger partial charge >= 0.3 is 0 Å². The average molecular weight is 119 g/mol. The standard InChI is InChI=1S/C5H13NO.CH4/c1-4(3-6)5(2)7;/h4-5,7H,3,6H2,1-2H3;1H4. The maximum Gasteiger partial charge on any atom is 0.0549 e. The van der Waals surface area contributed by atoms with Gasteiger partial charge in [0.1, 0.15) is 0 Å². The van der Waals surface area contributed by atoms with E-state index in [1.165, 1.54) is 0 Å². The van der Waals surface area contributed by atoms with E-state index in [0.29, 0.717) is 6.54 Å². The van der Waals surface area contributed by atoms with Crippen LogP contribution in [0.15, 0.2) is 0 Å². The highest BCUT2D eigenvalue weighted by atomic mass is 16.3. The molecule has 2 atom stereocenters. The summed E-state index contributed by atoms with van der Waals surface area (Å²) in [7, 11) is 0. The van der Waals surface area contributed by atoms with Crippen molar-refractivity contribution in [3.63, 3.8) is 0 Å². The zero-order valence-electron chi connectivity index (χ0n) is 4.89. The normalized spacial score (nSPS) is 16.5. The van der Waals surface area contributed by atoms with Crippen molar-refractivity contribution in [2.75, 3.05) is 6.54 Å². The molecule has 0 saturated heterocycles. The molecule has 0 saturated carbocycles. The molecule has 2 heteroatoms. The highest BCUT2D eigenvalue weighted by molar-refractivity contribution is 4.57. The molecule has 0 radical (unpaired) electrons. The number of aliphatic hydroxyl groups excluding tert-OH is 1. The van der Waals surface area contributed by atoms with Crippen LogP contribution in [0.25, 0.3) is 0 Å². The lowest BCUT2D eigenvalue weighted by Crippen LogP contribution is -2.21. The van der Waals surface area contributed by atoms with Crippen LogP contribution in [0, 0.1) is 5.92 Å². The molecule has 0 bridgehead atoms. The number of nitrogens with two attached hydrogens (primary N) is 1. The van der Waals surface area contributed by atoms with Gasteiger partial charge in [-0.05, 0) is 19.4 Å². The molecule has 0 aromatic carbocycles. The molecular weight excluding hydrogens is 102 g/mol. The van der Waals surface area contributed by atoms with Gasteiger partial charge in [-0.15, -0.1) is 0 Å². The minimum Gasteiger partial charge on any atom is -0.393 e. The second kappa shape index (κ2) is 5.06. The van der Waals surface area contributed by atoms with Crippen LogP contribution in [-0.4, -0.2) is 17.8 Å². The molecular formula is C6H17NO. The molecule has 0 rings (SSSR count). The fourth-order valence-electron chi connectivity index (χ4n) is 0.197. The third-order valence-electron chi connectivity index (χ3n) is 1.20. The first kappa shape index (κ1) is 10.8. The molecule has 0 aliphatic carbocycles. The first-order valence-electron chi connectivity index (χ1n) is 2.56. The summed E-state index contributed by atoms with van der Waals surface area (Å²) in [5.74, 6) is 0.236. The average Bonchev–Trinajstić information content (AvgIpc) is 1.65. The largest absolute Gasteiger partial charge is 0.393 e. The number of hydrogen-bond donors (Lipinski definition) is 2. The smallest absolute Gasteiger partial charge is 0.0549 e. The Balaban J connectivity index is 0. The van der Waals surface area contributed by atoms with Gasteiger partial charge in [0.25, 0.3) is 0 Å². The third kappa shape index (κ3) is 4.09. The third-order valence-corrected chi connectivity index (χ3v) is 1.20. The molecule has 0 amide bonds. The molecule has 52 valence electrons. The summed E-state index contributed by atoms with van der Waals surface area (Å²) in [6, 6.07) is 0. The Labute approximate surface area is 51.7 Å². The summed E-state index contributed by atoms with van der Waals surface area (Å²) < 4.78 is 0. The van der Waals surface area contributed by atoms with Gasteiger partial charge in [-0.25, -0.2) is 0 Å².